The molecule has 0 saturated carbocycles. The molecule has 0 aromatic rings. The SMILES string of the molecule is CCC[C@@H]1C[NH+]1[O-]. The zero-order chi connectivity index (χ0) is 5.28. The van der Waals surface area contributed by atoms with Gasteiger partial charge in [-0.2, -0.15) is 0 Å². The molecule has 0 amide bonds. The van der Waals surface area contributed by atoms with E-state index in [9.17, 15) is 5.21 Å². The summed E-state index contributed by atoms with van der Waals surface area (Å²) in [6.45, 7) is 2.99. The number of hydroxylamine groups is 2. The van der Waals surface area contributed by atoms with Crippen molar-refractivity contribution >= 4 is 0 Å². The topological polar surface area (TPSA) is 27.5 Å². The van der Waals surface area contributed by atoms with Crippen LogP contribution in [0.1, 0.15) is 19.8 Å². The summed E-state index contributed by atoms with van der Waals surface area (Å²) in [7, 11) is 0. The van der Waals surface area contributed by atoms with Crippen LogP contribution in [0.15, 0.2) is 0 Å². The average Bonchev–Trinajstić information content (AvgIpc) is 2.22. The van der Waals surface area contributed by atoms with E-state index in [2.05, 4.69) is 6.92 Å². The average molecular weight is 101 g/mol. The van der Waals surface area contributed by atoms with Crippen molar-refractivity contribution in [3.63, 3.8) is 0 Å². The Morgan fingerprint density at radius 1 is 1.86 bits per heavy atom. The Hall–Kier alpha value is -0.0800. The third kappa shape index (κ3) is 1.14. The van der Waals surface area contributed by atoms with Gasteiger partial charge in [-0.3, -0.25) is 0 Å². The highest BCUT2D eigenvalue weighted by molar-refractivity contribution is 4.63. The number of hydrogen-bond acceptors (Lipinski definition) is 1. The highest BCUT2D eigenvalue weighted by Crippen LogP contribution is 1.96. The molecule has 0 spiro atoms. The van der Waals surface area contributed by atoms with Gasteiger partial charge in [-0.15, -0.1) is 0 Å². The second-order valence-electron chi connectivity index (χ2n) is 2.16. The Morgan fingerprint density at radius 3 is 2.57 bits per heavy atom. The maximum absolute atomic E-state index is 10.3. The van der Waals surface area contributed by atoms with Crippen LogP contribution in [0.4, 0.5) is 0 Å². The van der Waals surface area contributed by atoms with Crippen molar-refractivity contribution in [1.29, 1.82) is 0 Å². The largest absolute Gasteiger partial charge is 0.634 e. The summed E-state index contributed by atoms with van der Waals surface area (Å²) in [5.41, 5.74) is 0. The van der Waals surface area contributed by atoms with Crippen LogP contribution in [0.3, 0.4) is 0 Å². The van der Waals surface area contributed by atoms with Gasteiger partial charge in [0.25, 0.3) is 0 Å². The molecule has 2 atom stereocenters. The molecule has 2 nitrogen and oxygen atoms in total. The predicted molar refractivity (Wildman–Crippen MR) is 27.9 cm³/mol. The van der Waals surface area contributed by atoms with E-state index in [1.807, 2.05) is 0 Å². The smallest absolute Gasteiger partial charge is 0.137 e. The van der Waals surface area contributed by atoms with E-state index in [-0.39, 0.29) is 0 Å². The first-order chi connectivity index (χ1) is 3.34. The van der Waals surface area contributed by atoms with E-state index in [0.717, 1.165) is 19.4 Å². The Bertz CT molecular complexity index is 65.1. The molecule has 1 N–H and O–H groups in total. The van der Waals surface area contributed by atoms with E-state index in [1.54, 1.807) is 0 Å². The molecule has 1 aliphatic heterocycles. The highest BCUT2D eigenvalue weighted by Gasteiger charge is 2.31. The third-order valence-electron chi connectivity index (χ3n) is 1.38. The van der Waals surface area contributed by atoms with Crippen molar-refractivity contribution in [2.45, 2.75) is 25.8 Å². The summed E-state index contributed by atoms with van der Waals surface area (Å²) in [6.07, 6.45) is 2.29. The standard InChI is InChI=1S/C5H11NO/c1-2-3-5-4-6(5)7/h5-6H,2-4H2,1H3/t5-/m1/s1. The minimum Gasteiger partial charge on any atom is -0.634 e. The monoisotopic (exact) mass is 101 g/mol. The van der Waals surface area contributed by atoms with Crippen LogP contribution in [0, 0.1) is 5.21 Å². The number of quaternary nitrogens is 1. The van der Waals surface area contributed by atoms with Crippen LogP contribution in [-0.4, -0.2) is 12.6 Å². The fourth-order valence-electron chi connectivity index (χ4n) is 0.795. The summed E-state index contributed by atoms with van der Waals surface area (Å²) in [5.74, 6) is 0. The zero-order valence-corrected chi connectivity index (χ0v) is 4.61. The fraction of sp³-hybridized carbons (Fsp3) is 1.00. The molecular formula is C5H11NO. The van der Waals surface area contributed by atoms with Gasteiger partial charge in [-0.1, -0.05) is 13.3 Å². The maximum Gasteiger partial charge on any atom is 0.137 e. The van der Waals surface area contributed by atoms with Crippen LogP contribution < -0.4 is 5.06 Å². The quantitative estimate of drug-likeness (QED) is 0.370. The van der Waals surface area contributed by atoms with Crippen LogP contribution in [-0.2, 0) is 0 Å². The van der Waals surface area contributed by atoms with E-state index < -0.39 is 0 Å². The van der Waals surface area contributed by atoms with E-state index in [0.29, 0.717) is 11.1 Å². The van der Waals surface area contributed by atoms with Gasteiger partial charge >= 0.3 is 0 Å². The molecule has 0 aliphatic carbocycles. The lowest BCUT2D eigenvalue weighted by atomic mass is 10.3. The zero-order valence-electron chi connectivity index (χ0n) is 4.61. The first-order valence-corrected chi connectivity index (χ1v) is 2.87. The van der Waals surface area contributed by atoms with Gasteiger partial charge in [0.15, 0.2) is 0 Å². The normalized spacial score (nSPS) is 38.6. The van der Waals surface area contributed by atoms with Gasteiger partial charge in [-0.25, -0.2) is 0 Å². The maximum atomic E-state index is 10.3. The van der Waals surface area contributed by atoms with E-state index in [1.165, 1.54) is 0 Å². The summed E-state index contributed by atoms with van der Waals surface area (Å²) in [6, 6.07) is 0.477. The van der Waals surface area contributed by atoms with Crippen LogP contribution >= 0.6 is 0 Å². The molecule has 1 saturated heterocycles. The second kappa shape index (κ2) is 1.80. The van der Waals surface area contributed by atoms with Crippen molar-refractivity contribution in [3.8, 4) is 0 Å². The molecule has 0 bridgehead atoms. The summed E-state index contributed by atoms with van der Waals surface area (Å²) in [5, 5.41) is 10.8. The molecule has 1 unspecified atom stereocenters. The molecule has 7 heavy (non-hydrogen) atoms. The van der Waals surface area contributed by atoms with Gasteiger partial charge < -0.3 is 10.3 Å². The highest BCUT2D eigenvalue weighted by atomic mass is 16.5. The van der Waals surface area contributed by atoms with Crippen LogP contribution in [0.5, 0.6) is 0 Å². The molecule has 1 heterocycles. The molecule has 0 aromatic carbocycles. The van der Waals surface area contributed by atoms with Gasteiger partial charge in [0.2, 0.25) is 0 Å². The number of hydrogen-bond donors (Lipinski definition) is 1. The minimum absolute atomic E-state index is 0.474. The molecule has 1 aliphatic rings. The first kappa shape index (κ1) is 5.06. The summed E-state index contributed by atoms with van der Waals surface area (Å²) in [4.78, 5) is 0. The van der Waals surface area contributed by atoms with E-state index in [4.69, 9.17) is 0 Å². The number of nitrogens with one attached hydrogen (secondary N) is 1. The summed E-state index contributed by atoms with van der Waals surface area (Å²) >= 11 is 0. The molecular weight excluding hydrogens is 90.1 g/mol. The Labute approximate surface area is 43.7 Å². The van der Waals surface area contributed by atoms with Crippen molar-refractivity contribution < 1.29 is 5.06 Å². The Balaban J connectivity index is 1.98. The predicted octanol–water partition coefficient (Wildman–Crippen LogP) is -0.449. The third-order valence-corrected chi connectivity index (χ3v) is 1.38. The first-order valence-electron chi connectivity index (χ1n) is 2.87. The molecule has 1 rings (SSSR count). The van der Waals surface area contributed by atoms with Crippen molar-refractivity contribution in [1.82, 2.24) is 0 Å². The summed E-state index contributed by atoms with van der Waals surface area (Å²) < 4.78 is 0. The molecule has 0 radical (unpaired) electrons. The van der Waals surface area contributed by atoms with Crippen molar-refractivity contribution in [2.75, 3.05) is 6.54 Å². The fourth-order valence-corrected chi connectivity index (χ4v) is 0.795. The molecule has 0 aromatic heterocycles. The molecule has 1 fully saturated rings. The van der Waals surface area contributed by atoms with Crippen molar-refractivity contribution in [3.05, 3.63) is 5.21 Å². The van der Waals surface area contributed by atoms with Gasteiger partial charge in [0.1, 0.15) is 12.6 Å². The van der Waals surface area contributed by atoms with Gasteiger partial charge in [0, 0.05) is 6.42 Å². The second-order valence-corrected chi connectivity index (χ2v) is 2.16. The Morgan fingerprint density at radius 2 is 2.43 bits per heavy atom. The lowest BCUT2D eigenvalue weighted by Gasteiger charge is -1.95. The van der Waals surface area contributed by atoms with Crippen LogP contribution in [0.25, 0.3) is 0 Å². The van der Waals surface area contributed by atoms with E-state index >= 15 is 0 Å². The van der Waals surface area contributed by atoms with Gasteiger partial charge in [0.05, 0.1) is 0 Å². The lowest BCUT2D eigenvalue weighted by molar-refractivity contribution is -0.714. The van der Waals surface area contributed by atoms with Crippen molar-refractivity contribution in [2.24, 2.45) is 0 Å². The van der Waals surface area contributed by atoms with Crippen LogP contribution in [0.2, 0.25) is 0 Å². The molecule has 42 valence electrons. The van der Waals surface area contributed by atoms with Gasteiger partial charge in [-0.05, 0) is 0 Å². The number of rotatable bonds is 2. The Kier molecular flexibility index (Phi) is 1.30. The minimum atomic E-state index is 0.474. The lowest BCUT2D eigenvalue weighted by Crippen LogP contribution is -2.87. The molecule has 2 heteroatoms.